The van der Waals surface area contributed by atoms with Crippen LogP contribution in [0.2, 0.25) is 0 Å². The summed E-state index contributed by atoms with van der Waals surface area (Å²) < 4.78 is 1.11. The third-order valence-corrected chi connectivity index (χ3v) is 4.31. The maximum absolute atomic E-state index is 5.87. The SMILES string of the molecule is [B]c1ccc2c(ccc3c4ccc(Br)cc4ccc23)c1. The molecule has 0 spiro atoms. The van der Waals surface area contributed by atoms with Crippen LogP contribution in [0.15, 0.2) is 65.1 Å². The second kappa shape index (κ2) is 4.36. The van der Waals surface area contributed by atoms with Crippen molar-refractivity contribution in [3.05, 3.63) is 65.1 Å². The molecule has 0 N–H and O–H groups in total. The summed E-state index contributed by atoms with van der Waals surface area (Å²) in [5, 5.41) is 7.53. The molecule has 4 aromatic rings. The summed E-state index contributed by atoms with van der Waals surface area (Å²) in [5.74, 6) is 0. The zero-order chi connectivity index (χ0) is 13.7. The van der Waals surface area contributed by atoms with E-state index >= 15 is 0 Å². The van der Waals surface area contributed by atoms with Crippen molar-refractivity contribution in [1.29, 1.82) is 0 Å². The monoisotopic (exact) mass is 316 g/mol. The summed E-state index contributed by atoms with van der Waals surface area (Å²) in [7, 11) is 5.87. The standard InChI is InChI=1S/C18H10BBr/c19-13-3-7-15-11(9-13)1-5-18-16-8-4-14(20)10-12(16)2-6-17(15)18/h1-10H. The van der Waals surface area contributed by atoms with Crippen LogP contribution >= 0.6 is 15.9 Å². The third-order valence-electron chi connectivity index (χ3n) is 3.82. The average Bonchev–Trinajstić information content (AvgIpc) is 2.45. The highest BCUT2D eigenvalue weighted by Gasteiger charge is 2.04. The van der Waals surface area contributed by atoms with Crippen molar-refractivity contribution in [2.75, 3.05) is 0 Å². The van der Waals surface area contributed by atoms with Gasteiger partial charge in [-0.2, -0.15) is 0 Å². The fraction of sp³-hybridized carbons (Fsp3) is 0. The summed E-state index contributed by atoms with van der Waals surface area (Å²) >= 11 is 3.53. The summed E-state index contributed by atoms with van der Waals surface area (Å²) in [4.78, 5) is 0. The van der Waals surface area contributed by atoms with Gasteiger partial charge in [0.2, 0.25) is 0 Å². The molecule has 0 atom stereocenters. The predicted molar refractivity (Wildman–Crippen MR) is 92.0 cm³/mol. The Morgan fingerprint density at radius 2 is 1.15 bits per heavy atom. The number of hydrogen-bond donors (Lipinski definition) is 0. The molecule has 4 rings (SSSR count). The van der Waals surface area contributed by atoms with E-state index in [0.29, 0.717) is 0 Å². The Bertz CT molecular complexity index is 892. The van der Waals surface area contributed by atoms with Gasteiger partial charge in [-0.3, -0.25) is 0 Å². The minimum Gasteiger partial charge on any atom is -0.0960 e. The van der Waals surface area contributed by atoms with Crippen LogP contribution in [-0.4, -0.2) is 7.85 Å². The number of fused-ring (bicyclic) bond motifs is 5. The van der Waals surface area contributed by atoms with Crippen LogP contribution in [0, 0.1) is 0 Å². The molecule has 0 nitrogen and oxygen atoms in total. The average molecular weight is 317 g/mol. The topological polar surface area (TPSA) is 0 Å². The molecule has 0 amide bonds. The summed E-state index contributed by atoms with van der Waals surface area (Å²) in [6.07, 6.45) is 0. The smallest absolute Gasteiger partial charge is 0.0960 e. The van der Waals surface area contributed by atoms with Crippen molar-refractivity contribution < 1.29 is 0 Å². The molecule has 0 heterocycles. The molecule has 4 aromatic carbocycles. The highest BCUT2D eigenvalue weighted by molar-refractivity contribution is 9.10. The fourth-order valence-electron chi connectivity index (χ4n) is 2.88. The van der Waals surface area contributed by atoms with E-state index in [9.17, 15) is 0 Å². The van der Waals surface area contributed by atoms with E-state index in [1.54, 1.807) is 0 Å². The molecule has 0 aliphatic heterocycles. The molecule has 0 saturated heterocycles. The normalized spacial score (nSPS) is 11.4. The molecule has 0 fully saturated rings. The van der Waals surface area contributed by atoms with Gasteiger partial charge in [0.05, 0.1) is 0 Å². The number of benzene rings is 4. The van der Waals surface area contributed by atoms with Crippen LogP contribution in [0.25, 0.3) is 32.3 Å². The van der Waals surface area contributed by atoms with E-state index in [4.69, 9.17) is 7.85 Å². The minimum atomic E-state index is 0.807. The lowest BCUT2D eigenvalue weighted by molar-refractivity contribution is 1.73. The van der Waals surface area contributed by atoms with Crippen LogP contribution in [-0.2, 0) is 0 Å². The molecule has 20 heavy (non-hydrogen) atoms. The second-order valence-corrected chi connectivity index (χ2v) is 5.99. The highest BCUT2D eigenvalue weighted by atomic mass is 79.9. The fourth-order valence-corrected chi connectivity index (χ4v) is 3.26. The zero-order valence-electron chi connectivity index (χ0n) is 10.7. The largest absolute Gasteiger partial charge is 0.113 e. The van der Waals surface area contributed by atoms with Gasteiger partial charge in [-0.15, -0.1) is 0 Å². The first-order valence-electron chi connectivity index (χ1n) is 6.53. The number of rotatable bonds is 0. The zero-order valence-corrected chi connectivity index (χ0v) is 12.3. The van der Waals surface area contributed by atoms with E-state index in [0.717, 1.165) is 9.94 Å². The maximum atomic E-state index is 5.87. The Morgan fingerprint density at radius 3 is 1.85 bits per heavy atom. The van der Waals surface area contributed by atoms with Gasteiger partial charge in [-0.05, 0) is 44.5 Å². The highest BCUT2D eigenvalue weighted by Crippen LogP contribution is 2.31. The van der Waals surface area contributed by atoms with Gasteiger partial charge in [0.15, 0.2) is 0 Å². The molecular weight excluding hydrogens is 307 g/mol. The lowest BCUT2D eigenvalue weighted by Gasteiger charge is -2.08. The lowest BCUT2D eigenvalue weighted by Crippen LogP contribution is -1.99. The molecule has 0 aliphatic rings. The number of hydrogen-bond acceptors (Lipinski definition) is 0. The predicted octanol–water partition coefficient (Wildman–Crippen LogP) is 4.70. The molecule has 0 saturated carbocycles. The first-order chi connectivity index (χ1) is 9.72. The Kier molecular flexibility index (Phi) is 2.61. The van der Waals surface area contributed by atoms with E-state index < -0.39 is 0 Å². The van der Waals surface area contributed by atoms with Gasteiger partial charge < -0.3 is 0 Å². The van der Waals surface area contributed by atoms with E-state index in [1.165, 1.54) is 32.3 Å². The van der Waals surface area contributed by atoms with Crippen molar-refractivity contribution in [2.45, 2.75) is 0 Å². The molecule has 2 radical (unpaired) electrons. The van der Waals surface area contributed by atoms with Crippen molar-refractivity contribution >= 4 is 61.6 Å². The van der Waals surface area contributed by atoms with Crippen LogP contribution in [0.1, 0.15) is 0 Å². The van der Waals surface area contributed by atoms with Gasteiger partial charge in [0.1, 0.15) is 7.85 Å². The summed E-state index contributed by atoms with van der Waals surface area (Å²) in [6.45, 7) is 0. The van der Waals surface area contributed by atoms with Gasteiger partial charge in [0, 0.05) is 4.47 Å². The van der Waals surface area contributed by atoms with Crippen molar-refractivity contribution in [3.8, 4) is 0 Å². The van der Waals surface area contributed by atoms with Crippen LogP contribution in [0.3, 0.4) is 0 Å². The Morgan fingerprint density at radius 1 is 0.600 bits per heavy atom. The Hall–Kier alpha value is -1.80. The Labute approximate surface area is 126 Å². The molecule has 0 aliphatic carbocycles. The third kappa shape index (κ3) is 1.75. The lowest BCUT2D eigenvalue weighted by atomic mass is 9.91. The maximum Gasteiger partial charge on any atom is 0.113 e. The molecular formula is C18H10BBr. The van der Waals surface area contributed by atoms with Crippen molar-refractivity contribution in [2.24, 2.45) is 0 Å². The second-order valence-electron chi connectivity index (χ2n) is 5.07. The minimum absolute atomic E-state index is 0.807. The van der Waals surface area contributed by atoms with Crippen LogP contribution in [0.5, 0.6) is 0 Å². The first-order valence-corrected chi connectivity index (χ1v) is 7.32. The first kappa shape index (κ1) is 12.0. The van der Waals surface area contributed by atoms with E-state index in [-0.39, 0.29) is 0 Å². The van der Waals surface area contributed by atoms with Crippen molar-refractivity contribution in [1.82, 2.24) is 0 Å². The molecule has 0 bridgehead atoms. The van der Waals surface area contributed by atoms with E-state index in [1.807, 2.05) is 12.1 Å². The quantitative estimate of drug-likeness (QED) is 0.326. The Balaban J connectivity index is 2.21. The summed E-state index contributed by atoms with van der Waals surface area (Å²) in [6, 6.07) is 21.2. The molecule has 0 unspecified atom stereocenters. The van der Waals surface area contributed by atoms with Crippen molar-refractivity contribution in [3.63, 3.8) is 0 Å². The van der Waals surface area contributed by atoms with Crippen LogP contribution < -0.4 is 5.46 Å². The van der Waals surface area contributed by atoms with E-state index in [2.05, 4.69) is 64.5 Å². The van der Waals surface area contributed by atoms with Gasteiger partial charge in [-0.1, -0.05) is 69.9 Å². The molecule has 0 aromatic heterocycles. The van der Waals surface area contributed by atoms with Gasteiger partial charge >= 0.3 is 0 Å². The molecule has 92 valence electrons. The van der Waals surface area contributed by atoms with Gasteiger partial charge in [0.25, 0.3) is 0 Å². The number of halogens is 1. The van der Waals surface area contributed by atoms with Crippen LogP contribution in [0.4, 0.5) is 0 Å². The molecule has 2 heteroatoms. The summed E-state index contributed by atoms with van der Waals surface area (Å²) in [5.41, 5.74) is 0.807. The van der Waals surface area contributed by atoms with Gasteiger partial charge in [-0.25, -0.2) is 0 Å².